The van der Waals surface area contributed by atoms with Crippen LogP contribution in [0.2, 0.25) is 0 Å². The van der Waals surface area contributed by atoms with Crippen LogP contribution >= 0.6 is 0 Å². The van der Waals surface area contributed by atoms with Gasteiger partial charge >= 0.3 is 0 Å². The van der Waals surface area contributed by atoms with Crippen LogP contribution in [0.25, 0.3) is 0 Å². The number of ether oxygens (including phenoxy) is 1. The summed E-state index contributed by atoms with van der Waals surface area (Å²) in [6, 6.07) is 0. The Morgan fingerprint density at radius 2 is 2.17 bits per heavy atom. The van der Waals surface area contributed by atoms with Crippen molar-refractivity contribution in [3.05, 3.63) is 0 Å². The minimum Gasteiger partial charge on any atom is -0.387 e. The molecule has 0 spiro atoms. The van der Waals surface area contributed by atoms with Crippen molar-refractivity contribution in [2.75, 3.05) is 20.1 Å². The quantitative estimate of drug-likeness (QED) is 0.363. The van der Waals surface area contributed by atoms with E-state index in [1.54, 1.807) is 11.9 Å². The van der Waals surface area contributed by atoms with Crippen LogP contribution in [0.3, 0.4) is 0 Å². The van der Waals surface area contributed by atoms with Gasteiger partial charge in [0.15, 0.2) is 18.4 Å². The zero-order valence-corrected chi connectivity index (χ0v) is 13.1. The Kier molecular flexibility index (Phi) is 4.71. The van der Waals surface area contributed by atoms with Gasteiger partial charge in [-0.2, -0.15) is 0 Å². The molecular weight excluding hydrogens is 302 g/mol. The first-order valence-corrected chi connectivity index (χ1v) is 7.69. The monoisotopic (exact) mass is 325 g/mol. The number of hydrogen-bond donors (Lipinski definition) is 5. The van der Waals surface area contributed by atoms with Crippen LogP contribution in [0.15, 0.2) is 15.0 Å². The molecule has 0 aliphatic carbocycles. The fourth-order valence-corrected chi connectivity index (χ4v) is 2.95. The lowest BCUT2D eigenvalue weighted by Crippen LogP contribution is -2.55. The van der Waals surface area contributed by atoms with Crippen molar-refractivity contribution in [3.63, 3.8) is 0 Å². The molecule has 0 radical (unpaired) electrons. The lowest BCUT2D eigenvalue weighted by molar-refractivity contribution is -0.0724. The Labute approximate surface area is 134 Å². The summed E-state index contributed by atoms with van der Waals surface area (Å²) in [6.07, 6.45) is -3.06. The summed E-state index contributed by atoms with van der Waals surface area (Å²) in [5, 5.41) is 26.8. The maximum Gasteiger partial charge on any atom is 0.179 e. The first-order chi connectivity index (χ1) is 11.1. The number of aliphatic hydroxyl groups excluding tert-OH is 2. The molecule has 0 amide bonds. The van der Waals surface area contributed by atoms with E-state index < -0.39 is 37.0 Å². The summed E-state index contributed by atoms with van der Waals surface area (Å²) in [4.78, 5) is 14.4. The Balaban J connectivity index is 1.83. The fourth-order valence-electron chi connectivity index (χ4n) is 2.95. The number of rotatable bonds is 5. The number of nitrogens with zero attached hydrogens (tertiary/aromatic N) is 4. The van der Waals surface area contributed by atoms with Gasteiger partial charge in [-0.1, -0.05) is 6.92 Å². The number of nitrogens with two attached hydrogens (primary N) is 1. The van der Waals surface area contributed by atoms with Gasteiger partial charge in [-0.3, -0.25) is 10.2 Å². The fraction of sp³-hybridized carbons (Fsp3) is 0.769. The Morgan fingerprint density at radius 1 is 1.39 bits per heavy atom. The van der Waals surface area contributed by atoms with Crippen molar-refractivity contribution in [2.24, 2.45) is 20.7 Å². The van der Waals surface area contributed by atoms with Crippen LogP contribution in [0, 0.1) is 0 Å². The molecule has 0 aromatic heterocycles. The number of nitrogens with one attached hydrogen (secondary N) is 2. The van der Waals surface area contributed by atoms with Crippen LogP contribution < -0.4 is 16.4 Å². The van der Waals surface area contributed by atoms with Crippen molar-refractivity contribution in [2.45, 2.75) is 43.9 Å². The second-order valence-corrected chi connectivity index (χ2v) is 5.60. The lowest BCUT2D eigenvalue weighted by Gasteiger charge is -2.32. The van der Waals surface area contributed by atoms with E-state index in [1.807, 2.05) is 6.92 Å². The number of aliphatic hydroxyl groups is 2. The van der Waals surface area contributed by atoms with Crippen LogP contribution in [-0.4, -0.2) is 90.1 Å². The number of hydrogen-bond acceptors (Lipinski definition) is 10. The highest BCUT2D eigenvalue weighted by Crippen LogP contribution is 2.29. The number of likely N-dealkylation sites (N-methyl/N-ethyl adjacent to an activating group) is 1. The van der Waals surface area contributed by atoms with E-state index >= 15 is 0 Å². The summed E-state index contributed by atoms with van der Waals surface area (Å²) in [5.41, 5.74) is 6.46. The van der Waals surface area contributed by atoms with Crippen molar-refractivity contribution in [3.8, 4) is 0 Å². The van der Waals surface area contributed by atoms with Crippen LogP contribution in [0.1, 0.15) is 6.92 Å². The topological polar surface area (TPSA) is 140 Å². The molecule has 6 N–H and O–H groups in total. The molecule has 0 unspecified atom stereocenters. The molecule has 3 aliphatic rings. The molecule has 10 nitrogen and oxygen atoms in total. The summed E-state index contributed by atoms with van der Waals surface area (Å²) in [6.45, 7) is 3.16. The van der Waals surface area contributed by atoms with Crippen molar-refractivity contribution >= 4 is 17.9 Å². The summed E-state index contributed by atoms with van der Waals surface area (Å²) < 4.78 is 5.87. The first-order valence-electron chi connectivity index (χ1n) is 7.69. The van der Waals surface area contributed by atoms with E-state index in [0.29, 0.717) is 18.1 Å². The number of amidine groups is 1. The zero-order chi connectivity index (χ0) is 16.6. The van der Waals surface area contributed by atoms with Gasteiger partial charge in [0.25, 0.3) is 0 Å². The predicted octanol–water partition coefficient (Wildman–Crippen LogP) is -2.97. The summed E-state index contributed by atoms with van der Waals surface area (Å²) in [5.74, 6) is 0.507. The Morgan fingerprint density at radius 3 is 2.87 bits per heavy atom. The van der Waals surface area contributed by atoms with E-state index in [-0.39, 0.29) is 0 Å². The average Bonchev–Trinajstić information content (AvgIpc) is 3.05. The second kappa shape index (κ2) is 6.59. The molecule has 1 saturated heterocycles. The van der Waals surface area contributed by atoms with Crippen molar-refractivity contribution in [1.82, 2.24) is 15.5 Å². The van der Waals surface area contributed by atoms with Gasteiger partial charge in [0.2, 0.25) is 0 Å². The highest BCUT2D eigenvalue weighted by molar-refractivity contribution is 6.46. The minimum atomic E-state index is -1.08. The molecule has 0 saturated carbocycles. The summed E-state index contributed by atoms with van der Waals surface area (Å²) >= 11 is 0. The standard InChI is InChI=1S/C13H23N7O3/c1-3-16-4-6-8(21)9(22)12(23-6)20-11-7(19-13(20)15-2)10(14)17-5-18-11/h5-6,8-10,12-13,15-16,21-22H,3-4,14H2,1-2H3/t6-,8-,9-,10-,12-,13-/m1/s1. The molecule has 0 aromatic carbocycles. The van der Waals surface area contributed by atoms with Gasteiger partial charge in [0, 0.05) is 6.54 Å². The SMILES string of the molecule is CCNC[C@H]1O[C@@H](N2C3=NC=N[C@@H](N)C3=N[C@H]2NC)[C@H](O)[C@@H]1O. The largest absolute Gasteiger partial charge is 0.387 e. The van der Waals surface area contributed by atoms with E-state index in [1.165, 1.54) is 6.34 Å². The highest BCUT2D eigenvalue weighted by Gasteiger charge is 2.50. The van der Waals surface area contributed by atoms with E-state index in [4.69, 9.17) is 10.5 Å². The molecule has 3 heterocycles. The van der Waals surface area contributed by atoms with Crippen LogP contribution in [0.4, 0.5) is 0 Å². The third-order valence-corrected chi connectivity index (χ3v) is 4.15. The van der Waals surface area contributed by atoms with Gasteiger partial charge in [0.05, 0.1) is 0 Å². The molecular formula is C13H23N7O3. The second-order valence-electron chi connectivity index (χ2n) is 5.60. The minimum absolute atomic E-state index is 0.449. The summed E-state index contributed by atoms with van der Waals surface area (Å²) in [7, 11) is 1.74. The van der Waals surface area contributed by atoms with Crippen molar-refractivity contribution in [1.29, 1.82) is 0 Å². The van der Waals surface area contributed by atoms with Gasteiger partial charge in [-0.05, 0) is 13.6 Å². The van der Waals surface area contributed by atoms with Crippen LogP contribution in [-0.2, 0) is 4.74 Å². The zero-order valence-electron chi connectivity index (χ0n) is 13.1. The van der Waals surface area contributed by atoms with Gasteiger partial charge in [-0.25, -0.2) is 15.0 Å². The maximum atomic E-state index is 10.4. The first kappa shape index (κ1) is 16.4. The Hall–Kier alpha value is -1.43. The smallest absolute Gasteiger partial charge is 0.179 e. The van der Waals surface area contributed by atoms with Gasteiger partial charge in [0.1, 0.15) is 36.5 Å². The van der Waals surface area contributed by atoms with E-state index in [0.717, 1.165) is 6.54 Å². The molecule has 1 fully saturated rings. The number of fused-ring (bicyclic) bond motifs is 1. The molecule has 10 heteroatoms. The lowest BCUT2D eigenvalue weighted by atomic mass is 10.1. The third-order valence-electron chi connectivity index (χ3n) is 4.15. The average molecular weight is 325 g/mol. The van der Waals surface area contributed by atoms with Crippen LogP contribution in [0.5, 0.6) is 0 Å². The molecule has 0 bridgehead atoms. The highest BCUT2D eigenvalue weighted by atomic mass is 16.6. The molecule has 23 heavy (non-hydrogen) atoms. The number of aliphatic imine (C=N–C) groups is 3. The Bertz CT molecular complexity index is 538. The normalized spacial score (nSPS) is 39.4. The third kappa shape index (κ3) is 2.77. The van der Waals surface area contributed by atoms with Gasteiger partial charge < -0.3 is 26.0 Å². The van der Waals surface area contributed by atoms with E-state index in [2.05, 4.69) is 25.6 Å². The maximum absolute atomic E-state index is 10.4. The molecule has 3 aliphatic heterocycles. The molecule has 6 atom stereocenters. The molecule has 128 valence electrons. The predicted molar refractivity (Wildman–Crippen MR) is 85.2 cm³/mol. The molecule has 3 rings (SSSR count). The molecule has 0 aromatic rings. The van der Waals surface area contributed by atoms with E-state index in [9.17, 15) is 10.2 Å². The van der Waals surface area contributed by atoms with Gasteiger partial charge in [-0.15, -0.1) is 0 Å². The van der Waals surface area contributed by atoms with Crippen molar-refractivity contribution < 1.29 is 14.9 Å².